The number of fused-ring (bicyclic) bond motifs is 1. The first-order valence-corrected chi connectivity index (χ1v) is 12.0. The van der Waals surface area contributed by atoms with Crippen molar-refractivity contribution >= 4 is 40.3 Å². The van der Waals surface area contributed by atoms with E-state index in [1.54, 1.807) is 12.4 Å². The van der Waals surface area contributed by atoms with Crippen LogP contribution in [0.3, 0.4) is 0 Å². The van der Waals surface area contributed by atoms with Crippen LogP contribution < -0.4 is 11.1 Å². The van der Waals surface area contributed by atoms with Crippen LogP contribution in [0.15, 0.2) is 73.1 Å². The Balaban J connectivity index is 1.40. The van der Waals surface area contributed by atoms with E-state index in [0.717, 1.165) is 56.8 Å². The van der Waals surface area contributed by atoms with Crippen LogP contribution in [0.5, 0.6) is 0 Å². The summed E-state index contributed by atoms with van der Waals surface area (Å²) in [6.45, 7) is 0. The van der Waals surface area contributed by atoms with E-state index in [1.807, 2.05) is 0 Å². The van der Waals surface area contributed by atoms with Crippen molar-refractivity contribution < 1.29 is 9.59 Å². The molecule has 0 bridgehead atoms. The molecule has 0 amide bonds. The molecule has 2 unspecified atom stereocenters. The molecule has 0 spiro atoms. The number of aromatic nitrogens is 4. The first-order valence-electron chi connectivity index (χ1n) is 9.89. The second-order valence-corrected chi connectivity index (χ2v) is 9.17. The molecule has 2 aromatic heterocycles. The number of nitrogens with one attached hydrogen (secondary N) is 2. The molecule has 2 heterocycles. The predicted octanol–water partition coefficient (Wildman–Crippen LogP) is 4.23. The average molecular weight is 456 g/mol. The molecule has 5 rings (SSSR count). The Morgan fingerprint density at radius 1 is 0.562 bits per heavy atom. The van der Waals surface area contributed by atoms with Gasteiger partial charge in [-0.3, -0.25) is 9.59 Å². The van der Waals surface area contributed by atoms with E-state index in [9.17, 15) is 9.59 Å². The zero-order valence-corrected chi connectivity index (χ0v) is 18.8. The Kier molecular flexibility index (Phi) is 5.72. The number of nitrogens with zero attached hydrogens (tertiary/aromatic N) is 2. The Labute approximate surface area is 187 Å². The van der Waals surface area contributed by atoms with Crippen molar-refractivity contribution in [2.45, 2.75) is 0 Å². The Hall–Kier alpha value is -3.46. The number of hydrogen-bond donors (Lipinski definition) is 2. The zero-order valence-electron chi connectivity index (χ0n) is 16.8. The lowest BCUT2D eigenvalue weighted by atomic mass is 10.1. The van der Waals surface area contributed by atoms with Crippen LogP contribution in [0.4, 0.5) is 0 Å². The summed E-state index contributed by atoms with van der Waals surface area (Å²) in [5, 5.41) is 0. The van der Waals surface area contributed by atoms with E-state index in [4.69, 9.17) is 0 Å². The van der Waals surface area contributed by atoms with Crippen molar-refractivity contribution in [3.8, 4) is 44.8 Å². The smallest absolute Gasteiger partial charge is 0.146 e. The number of rotatable bonds is 7. The highest BCUT2D eigenvalue weighted by molar-refractivity contribution is 7.62. The third-order valence-electron chi connectivity index (χ3n) is 5.22. The second kappa shape index (κ2) is 8.96. The minimum absolute atomic E-state index is 0.0390. The fourth-order valence-corrected chi connectivity index (χ4v) is 4.54. The quantitative estimate of drug-likeness (QED) is 0.283. The average Bonchev–Trinajstić information content (AvgIpc) is 3.53. The molecule has 1 aromatic carbocycles. The number of carbonyl (C=O) groups is 2. The van der Waals surface area contributed by atoms with Crippen molar-refractivity contribution in [1.29, 1.82) is 0 Å². The molecule has 32 heavy (non-hydrogen) atoms. The SMILES string of the molecule is O=CPc1ncc(-c2ccc(-c3cc4ccc(-c5cnc(PC=O)[nH]5)ccc-4c3)cc2)[nH]1. The molecular formula is C24H18N4O2P2. The van der Waals surface area contributed by atoms with Crippen LogP contribution in [-0.2, 0) is 9.59 Å². The summed E-state index contributed by atoms with van der Waals surface area (Å²) in [7, 11) is 0.0822. The van der Waals surface area contributed by atoms with E-state index in [1.165, 1.54) is 0 Å². The molecule has 6 nitrogen and oxygen atoms in total. The summed E-state index contributed by atoms with van der Waals surface area (Å²) in [6, 6.07) is 22.7. The van der Waals surface area contributed by atoms with Crippen LogP contribution in [0, 0.1) is 0 Å². The van der Waals surface area contributed by atoms with Crippen molar-refractivity contribution in [2.24, 2.45) is 0 Å². The number of carbonyl (C=O) groups excluding carboxylic acids is 2. The molecule has 0 fully saturated rings. The molecule has 0 aliphatic heterocycles. The third kappa shape index (κ3) is 4.16. The van der Waals surface area contributed by atoms with Crippen molar-refractivity contribution in [3.05, 3.63) is 73.1 Å². The first-order chi connectivity index (χ1) is 15.7. The summed E-state index contributed by atoms with van der Waals surface area (Å²) in [4.78, 5) is 36.3. The van der Waals surface area contributed by atoms with Crippen LogP contribution in [0.25, 0.3) is 44.8 Å². The number of hydrogen-bond acceptors (Lipinski definition) is 4. The maximum Gasteiger partial charge on any atom is 0.146 e. The van der Waals surface area contributed by atoms with E-state index < -0.39 is 0 Å². The molecule has 2 aliphatic rings. The molecule has 2 N–H and O–H groups in total. The van der Waals surface area contributed by atoms with Gasteiger partial charge in [-0.05, 0) is 45.5 Å². The summed E-state index contributed by atoms with van der Waals surface area (Å²) in [5.74, 6) is 0. The van der Waals surface area contributed by atoms with Crippen LogP contribution >= 0.6 is 17.2 Å². The lowest BCUT2D eigenvalue weighted by Gasteiger charge is -2.01. The van der Waals surface area contributed by atoms with Gasteiger partial charge in [-0.25, -0.2) is 9.97 Å². The highest BCUT2D eigenvalue weighted by Gasteiger charge is 2.10. The lowest BCUT2D eigenvalue weighted by molar-refractivity contribution is 0.569. The standard InChI is InChI=1S/C24H18N4O2P2/c29-13-31-23-25-11-21(27-23)16-3-1-15(2-4-16)20-9-18-7-5-17(6-8-19(18)10-20)22-12-26-24(28-22)32-14-30/h1-14,31-32H,(H,25,27)(H,26,28). The van der Waals surface area contributed by atoms with Crippen molar-refractivity contribution in [3.63, 3.8) is 0 Å². The number of imidazole rings is 2. The summed E-state index contributed by atoms with van der Waals surface area (Å²) in [6.07, 6.45) is 3.53. The van der Waals surface area contributed by atoms with Gasteiger partial charge < -0.3 is 9.97 Å². The van der Waals surface area contributed by atoms with Crippen LogP contribution in [0.2, 0.25) is 0 Å². The fourth-order valence-electron chi connectivity index (χ4n) is 3.63. The topological polar surface area (TPSA) is 91.5 Å². The minimum atomic E-state index is 0.0390. The maximum absolute atomic E-state index is 10.7. The number of benzene rings is 1. The van der Waals surface area contributed by atoms with Gasteiger partial charge in [-0.15, -0.1) is 0 Å². The Morgan fingerprint density at radius 3 is 1.41 bits per heavy atom. The molecule has 156 valence electrons. The molecular weight excluding hydrogens is 438 g/mol. The normalized spacial score (nSPS) is 11.8. The molecule has 2 aliphatic carbocycles. The largest absolute Gasteiger partial charge is 0.338 e. The van der Waals surface area contributed by atoms with Gasteiger partial charge in [0.25, 0.3) is 0 Å². The van der Waals surface area contributed by atoms with E-state index in [-0.39, 0.29) is 17.2 Å². The second-order valence-electron chi connectivity index (χ2n) is 7.17. The Morgan fingerprint density at radius 2 is 0.969 bits per heavy atom. The number of H-pyrrole nitrogens is 2. The maximum atomic E-state index is 10.7. The van der Waals surface area contributed by atoms with Crippen molar-refractivity contribution in [1.82, 2.24) is 19.9 Å². The molecule has 8 heteroatoms. The minimum Gasteiger partial charge on any atom is -0.338 e. The van der Waals surface area contributed by atoms with Gasteiger partial charge >= 0.3 is 0 Å². The number of aromatic amines is 2. The molecule has 2 atom stereocenters. The van der Waals surface area contributed by atoms with Crippen molar-refractivity contribution in [2.75, 3.05) is 0 Å². The summed E-state index contributed by atoms with van der Waals surface area (Å²) in [5.41, 5.74) is 9.85. The van der Waals surface area contributed by atoms with E-state index in [0.29, 0.717) is 11.1 Å². The van der Waals surface area contributed by atoms with Gasteiger partial charge in [0.15, 0.2) is 0 Å². The van der Waals surface area contributed by atoms with Gasteiger partial charge in [-0.2, -0.15) is 0 Å². The van der Waals surface area contributed by atoms with Gasteiger partial charge in [0.1, 0.15) is 23.2 Å². The lowest BCUT2D eigenvalue weighted by Crippen LogP contribution is -1.97. The van der Waals surface area contributed by atoms with Gasteiger partial charge in [0.05, 0.1) is 23.8 Å². The van der Waals surface area contributed by atoms with Crippen LogP contribution in [-0.4, -0.2) is 32.0 Å². The van der Waals surface area contributed by atoms with Gasteiger partial charge in [0, 0.05) is 17.2 Å². The summed E-state index contributed by atoms with van der Waals surface area (Å²) < 4.78 is 0. The van der Waals surface area contributed by atoms with Crippen LogP contribution in [0.1, 0.15) is 0 Å². The van der Waals surface area contributed by atoms with E-state index in [2.05, 4.69) is 80.6 Å². The first kappa shape index (κ1) is 20.4. The monoisotopic (exact) mass is 456 g/mol. The summed E-state index contributed by atoms with van der Waals surface area (Å²) >= 11 is 0. The molecule has 0 saturated carbocycles. The Bertz CT molecular complexity index is 1340. The molecule has 0 radical (unpaired) electrons. The fraction of sp³-hybridized carbons (Fsp3) is 0. The zero-order chi connectivity index (χ0) is 21.9. The molecule has 0 saturated heterocycles. The van der Waals surface area contributed by atoms with Gasteiger partial charge in [-0.1, -0.05) is 48.5 Å². The third-order valence-corrected chi connectivity index (χ3v) is 6.51. The van der Waals surface area contributed by atoms with Gasteiger partial charge in [0.2, 0.25) is 0 Å². The predicted molar refractivity (Wildman–Crippen MR) is 133 cm³/mol. The highest BCUT2D eigenvalue weighted by Crippen LogP contribution is 2.33. The van der Waals surface area contributed by atoms with E-state index >= 15 is 0 Å². The molecule has 3 aromatic rings. The highest BCUT2D eigenvalue weighted by atomic mass is 31.1.